The molecule has 91 valence electrons. The quantitative estimate of drug-likeness (QED) is 0.348. The fourth-order valence-corrected chi connectivity index (χ4v) is 1.49. The molecule has 0 heteroatoms. The van der Waals surface area contributed by atoms with E-state index in [0.717, 1.165) is 6.42 Å². The number of unbranched alkanes of at least 4 members (excludes halogenated alkanes) is 5. The Morgan fingerprint density at radius 2 is 1.56 bits per heavy atom. The summed E-state index contributed by atoms with van der Waals surface area (Å²) < 4.78 is 0. The average molecular weight is 219 g/mol. The lowest BCUT2D eigenvalue weighted by molar-refractivity contribution is 0.674. The number of hydrogen-bond acceptors (Lipinski definition) is 0. The molecule has 0 aromatic heterocycles. The van der Waals surface area contributed by atoms with Gasteiger partial charge in [-0.05, 0) is 31.8 Å². The molecule has 0 aliphatic heterocycles. The van der Waals surface area contributed by atoms with Crippen LogP contribution in [0.25, 0.3) is 0 Å². The third-order valence-corrected chi connectivity index (χ3v) is 2.54. The van der Waals surface area contributed by atoms with Crippen LogP contribution in [0.4, 0.5) is 0 Å². The minimum absolute atomic E-state index is 1.15. The van der Waals surface area contributed by atoms with E-state index < -0.39 is 0 Å². The largest absolute Gasteiger partial charge is 0.0840 e. The van der Waals surface area contributed by atoms with Crippen LogP contribution in [0, 0.1) is 6.92 Å². The maximum Gasteiger partial charge on any atom is -0.0303 e. The van der Waals surface area contributed by atoms with Crippen molar-refractivity contribution < 1.29 is 0 Å². The van der Waals surface area contributed by atoms with Gasteiger partial charge in [0.25, 0.3) is 0 Å². The molecule has 0 saturated carbocycles. The lowest BCUT2D eigenvalue weighted by Gasteiger charge is -1.95. The highest BCUT2D eigenvalue weighted by Gasteiger charge is 1.86. The fourth-order valence-electron chi connectivity index (χ4n) is 1.49. The summed E-state index contributed by atoms with van der Waals surface area (Å²) in [5.41, 5.74) is 1.23. The highest BCUT2D eigenvalue weighted by atomic mass is 13.9. The maximum atomic E-state index is 3.83. The summed E-state index contributed by atoms with van der Waals surface area (Å²) in [4.78, 5) is 0. The van der Waals surface area contributed by atoms with Gasteiger partial charge in [-0.3, -0.25) is 0 Å². The molecule has 0 aliphatic carbocycles. The Hall–Kier alpha value is -0.780. The number of hydrogen-bond donors (Lipinski definition) is 0. The normalized spacial score (nSPS) is 13.1. The zero-order chi connectivity index (χ0) is 12.1. The molecule has 0 fully saturated rings. The molecule has 0 saturated heterocycles. The third-order valence-electron chi connectivity index (χ3n) is 2.54. The molecule has 0 bridgehead atoms. The smallest absolute Gasteiger partial charge is 0.0303 e. The molecule has 0 atom stereocenters. The maximum absolute atomic E-state index is 3.83. The van der Waals surface area contributed by atoms with Gasteiger partial charge in [-0.15, -0.1) is 0 Å². The molecule has 0 spiro atoms. The first kappa shape index (κ1) is 15.2. The van der Waals surface area contributed by atoms with Gasteiger partial charge in [0.05, 0.1) is 0 Å². The zero-order valence-corrected chi connectivity index (χ0v) is 11.0. The number of rotatable bonds is 9. The van der Waals surface area contributed by atoms with Gasteiger partial charge in [-0.1, -0.05) is 69.9 Å². The Morgan fingerprint density at radius 3 is 2.12 bits per heavy atom. The highest BCUT2D eigenvalue weighted by Crippen LogP contribution is 2.06. The first-order chi connectivity index (χ1) is 7.85. The minimum Gasteiger partial charge on any atom is -0.0840 e. The summed E-state index contributed by atoms with van der Waals surface area (Å²) in [6, 6.07) is 0. The van der Waals surface area contributed by atoms with Gasteiger partial charge in [-0.25, -0.2) is 0 Å². The monoisotopic (exact) mass is 219 g/mol. The molecule has 0 aromatic carbocycles. The predicted octanol–water partition coefficient (Wildman–Crippen LogP) is 5.63. The van der Waals surface area contributed by atoms with Gasteiger partial charge in [-0.2, -0.15) is 0 Å². The van der Waals surface area contributed by atoms with Crippen LogP contribution in [0.3, 0.4) is 0 Å². The molecule has 16 heavy (non-hydrogen) atoms. The second-order valence-electron chi connectivity index (χ2n) is 4.15. The van der Waals surface area contributed by atoms with Crippen LogP contribution in [0.2, 0.25) is 0 Å². The van der Waals surface area contributed by atoms with Crippen molar-refractivity contribution in [3.05, 3.63) is 42.9 Å². The first-order valence-electron chi connectivity index (χ1n) is 6.67. The minimum atomic E-state index is 1.15. The zero-order valence-electron chi connectivity index (χ0n) is 11.0. The average Bonchev–Trinajstić information content (AvgIpc) is 2.31. The van der Waals surface area contributed by atoms with Crippen molar-refractivity contribution in [2.75, 3.05) is 0 Å². The summed E-state index contributed by atoms with van der Waals surface area (Å²) in [5.74, 6) is 0. The van der Waals surface area contributed by atoms with Crippen LogP contribution in [-0.4, -0.2) is 0 Å². The van der Waals surface area contributed by atoms with Crippen molar-refractivity contribution in [1.82, 2.24) is 0 Å². The second kappa shape index (κ2) is 12.3. The van der Waals surface area contributed by atoms with E-state index in [1.54, 1.807) is 0 Å². The molecule has 0 rings (SSSR count). The molecular weight excluding hydrogens is 192 g/mol. The van der Waals surface area contributed by atoms with Crippen molar-refractivity contribution in [1.29, 1.82) is 0 Å². The van der Waals surface area contributed by atoms with Gasteiger partial charge in [0.15, 0.2) is 0 Å². The summed E-state index contributed by atoms with van der Waals surface area (Å²) in [6.07, 6.45) is 19.7. The van der Waals surface area contributed by atoms with Crippen LogP contribution in [-0.2, 0) is 0 Å². The first-order valence-corrected chi connectivity index (χ1v) is 6.67. The van der Waals surface area contributed by atoms with E-state index in [2.05, 4.69) is 45.1 Å². The second-order valence-corrected chi connectivity index (χ2v) is 4.15. The van der Waals surface area contributed by atoms with Gasteiger partial charge in [0.2, 0.25) is 0 Å². The molecule has 0 heterocycles. The Bertz CT molecular complexity index is 218. The highest BCUT2D eigenvalue weighted by molar-refractivity contribution is 5.31. The van der Waals surface area contributed by atoms with Crippen LogP contribution in [0.15, 0.2) is 36.0 Å². The Kier molecular flexibility index (Phi) is 11.7. The van der Waals surface area contributed by atoms with E-state index in [4.69, 9.17) is 0 Å². The van der Waals surface area contributed by atoms with Crippen molar-refractivity contribution in [2.45, 2.75) is 58.8 Å². The molecule has 0 aliphatic rings. The lowest BCUT2D eigenvalue weighted by Crippen LogP contribution is -1.75. The lowest BCUT2D eigenvalue weighted by atomic mass is 10.1. The van der Waals surface area contributed by atoms with Gasteiger partial charge in [0.1, 0.15) is 0 Å². The third kappa shape index (κ3) is 9.76. The topological polar surface area (TPSA) is 0 Å². The van der Waals surface area contributed by atoms with E-state index >= 15 is 0 Å². The number of allylic oxidation sites excluding steroid dienone is 6. The molecule has 0 aromatic rings. The van der Waals surface area contributed by atoms with Crippen molar-refractivity contribution in [3.63, 3.8) is 0 Å². The molecule has 1 radical (unpaired) electrons. The Morgan fingerprint density at radius 1 is 0.875 bits per heavy atom. The standard InChI is InChI=1S/C16H27/c1-4-7-9-10-11-13-15-16(6-3)14-12-8-5-2/h6,12-15H,3-5,7-11H2,1-2H3. The van der Waals surface area contributed by atoms with Crippen molar-refractivity contribution in [3.8, 4) is 0 Å². The Labute approximate surface area is 102 Å². The van der Waals surface area contributed by atoms with Gasteiger partial charge < -0.3 is 0 Å². The van der Waals surface area contributed by atoms with Crippen molar-refractivity contribution >= 4 is 0 Å². The SMILES string of the molecule is [CH2]C=C(C=CCCC)C=CCCCCCC. The van der Waals surface area contributed by atoms with Crippen LogP contribution in [0.1, 0.15) is 58.8 Å². The summed E-state index contributed by atoms with van der Waals surface area (Å²) >= 11 is 0. The summed E-state index contributed by atoms with van der Waals surface area (Å²) in [6.45, 7) is 8.27. The molecular formula is C16H27. The van der Waals surface area contributed by atoms with Crippen LogP contribution >= 0.6 is 0 Å². The van der Waals surface area contributed by atoms with Crippen LogP contribution in [0.5, 0.6) is 0 Å². The summed E-state index contributed by atoms with van der Waals surface area (Å²) in [5, 5.41) is 0. The molecule has 0 unspecified atom stereocenters. The fraction of sp³-hybridized carbons (Fsp3) is 0.562. The Balaban J connectivity index is 3.72. The molecule has 0 N–H and O–H groups in total. The van der Waals surface area contributed by atoms with E-state index in [1.807, 2.05) is 6.08 Å². The van der Waals surface area contributed by atoms with E-state index in [0.29, 0.717) is 0 Å². The van der Waals surface area contributed by atoms with E-state index in [9.17, 15) is 0 Å². The van der Waals surface area contributed by atoms with E-state index in [-0.39, 0.29) is 0 Å². The van der Waals surface area contributed by atoms with E-state index in [1.165, 1.54) is 44.1 Å². The summed E-state index contributed by atoms with van der Waals surface area (Å²) in [7, 11) is 0. The molecule has 0 amide bonds. The van der Waals surface area contributed by atoms with Gasteiger partial charge >= 0.3 is 0 Å². The van der Waals surface area contributed by atoms with Gasteiger partial charge in [0, 0.05) is 0 Å². The predicted molar refractivity (Wildman–Crippen MR) is 75.4 cm³/mol. The van der Waals surface area contributed by atoms with Crippen molar-refractivity contribution in [2.24, 2.45) is 0 Å². The molecule has 0 nitrogen and oxygen atoms in total. The van der Waals surface area contributed by atoms with Crippen LogP contribution < -0.4 is 0 Å².